The molecular weight excluding hydrogens is 334 g/mol. The fourth-order valence-corrected chi connectivity index (χ4v) is 2.40. The highest BCUT2D eigenvalue weighted by Gasteiger charge is 2.16. The van der Waals surface area contributed by atoms with Crippen LogP contribution in [0.4, 0.5) is 5.82 Å². The van der Waals surface area contributed by atoms with Gasteiger partial charge in [0.05, 0.1) is 7.11 Å². The number of aromatic nitrogens is 2. The molecule has 7 nitrogen and oxygen atoms in total. The standard InChI is InChI=1S/C19H19N3O4/c1-12-8-9-14(10-13(12)2)18-19(22-26-21-18)20-17(23)11-25-16-7-5-4-6-15(16)24-3/h4-10H,11H2,1-3H3,(H,20,22,23). The van der Waals surface area contributed by atoms with Crippen LogP contribution in [0.2, 0.25) is 0 Å². The van der Waals surface area contributed by atoms with Gasteiger partial charge in [0.2, 0.25) is 5.82 Å². The van der Waals surface area contributed by atoms with Crippen molar-refractivity contribution in [1.29, 1.82) is 0 Å². The lowest BCUT2D eigenvalue weighted by atomic mass is 10.0. The molecule has 0 spiro atoms. The molecule has 0 radical (unpaired) electrons. The number of amides is 1. The van der Waals surface area contributed by atoms with Crippen LogP contribution in [-0.4, -0.2) is 29.9 Å². The number of carbonyl (C=O) groups excluding carboxylic acids is 1. The number of nitrogens with zero attached hydrogens (tertiary/aromatic N) is 2. The number of hydrogen-bond donors (Lipinski definition) is 1. The molecule has 7 heteroatoms. The zero-order valence-corrected chi connectivity index (χ0v) is 14.8. The lowest BCUT2D eigenvalue weighted by Gasteiger charge is -2.10. The third-order valence-electron chi connectivity index (χ3n) is 3.95. The number of hydrogen-bond acceptors (Lipinski definition) is 6. The SMILES string of the molecule is COc1ccccc1OCC(=O)Nc1nonc1-c1ccc(C)c(C)c1. The second-order valence-corrected chi connectivity index (χ2v) is 5.75. The second kappa shape index (κ2) is 7.69. The Morgan fingerprint density at radius 1 is 1.08 bits per heavy atom. The first kappa shape index (κ1) is 17.5. The summed E-state index contributed by atoms with van der Waals surface area (Å²) in [5.41, 5.74) is 3.57. The van der Waals surface area contributed by atoms with Crippen LogP contribution in [0.15, 0.2) is 47.1 Å². The van der Waals surface area contributed by atoms with Crippen molar-refractivity contribution < 1.29 is 18.9 Å². The third-order valence-corrected chi connectivity index (χ3v) is 3.95. The predicted octanol–water partition coefficient (Wildman–Crippen LogP) is 3.38. The van der Waals surface area contributed by atoms with Crippen LogP contribution in [0.3, 0.4) is 0 Å². The maximum atomic E-state index is 12.2. The molecule has 1 amide bonds. The van der Waals surface area contributed by atoms with Crippen LogP contribution in [0.25, 0.3) is 11.3 Å². The second-order valence-electron chi connectivity index (χ2n) is 5.75. The third kappa shape index (κ3) is 3.83. The van der Waals surface area contributed by atoms with Crippen molar-refractivity contribution >= 4 is 11.7 Å². The van der Waals surface area contributed by atoms with Gasteiger partial charge in [0.25, 0.3) is 5.91 Å². The molecule has 134 valence electrons. The number of methoxy groups -OCH3 is 1. The van der Waals surface area contributed by atoms with Gasteiger partial charge in [-0.1, -0.05) is 24.3 Å². The quantitative estimate of drug-likeness (QED) is 0.731. The lowest BCUT2D eigenvalue weighted by Crippen LogP contribution is -2.20. The Balaban J connectivity index is 1.69. The fraction of sp³-hybridized carbons (Fsp3) is 0.211. The molecule has 0 saturated heterocycles. The van der Waals surface area contributed by atoms with E-state index in [2.05, 4.69) is 15.6 Å². The van der Waals surface area contributed by atoms with Crippen molar-refractivity contribution in [3.8, 4) is 22.8 Å². The molecule has 0 aliphatic heterocycles. The van der Waals surface area contributed by atoms with Crippen molar-refractivity contribution in [3.05, 3.63) is 53.6 Å². The predicted molar refractivity (Wildman–Crippen MR) is 96.3 cm³/mol. The molecule has 0 atom stereocenters. The van der Waals surface area contributed by atoms with Crippen LogP contribution >= 0.6 is 0 Å². The number of benzene rings is 2. The molecule has 0 unspecified atom stereocenters. The van der Waals surface area contributed by atoms with E-state index < -0.39 is 0 Å². The Kier molecular flexibility index (Phi) is 5.17. The topological polar surface area (TPSA) is 86.5 Å². The highest BCUT2D eigenvalue weighted by Crippen LogP contribution is 2.27. The normalized spacial score (nSPS) is 10.4. The molecule has 0 aliphatic rings. The Morgan fingerprint density at radius 2 is 1.85 bits per heavy atom. The van der Waals surface area contributed by atoms with E-state index in [0.717, 1.165) is 11.1 Å². The summed E-state index contributed by atoms with van der Waals surface area (Å²) in [6.45, 7) is 3.84. The number of anilines is 1. The minimum atomic E-state index is -0.378. The van der Waals surface area contributed by atoms with Gasteiger partial charge >= 0.3 is 0 Å². The zero-order valence-electron chi connectivity index (χ0n) is 14.8. The van der Waals surface area contributed by atoms with Crippen molar-refractivity contribution in [2.24, 2.45) is 0 Å². The van der Waals surface area contributed by atoms with E-state index in [-0.39, 0.29) is 18.3 Å². The van der Waals surface area contributed by atoms with Gasteiger partial charge in [-0.25, -0.2) is 4.63 Å². The summed E-state index contributed by atoms with van der Waals surface area (Å²) in [4.78, 5) is 12.2. The molecule has 26 heavy (non-hydrogen) atoms. The smallest absolute Gasteiger partial charge is 0.263 e. The van der Waals surface area contributed by atoms with Gasteiger partial charge in [-0.2, -0.15) is 0 Å². The van der Waals surface area contributed by atoms with Gasteiger partial charge in [-0.05, 0) is 53.5 Å². The maximum Gasteiger partial charge on any atom is 0.263 e. The van der Waals surface area contributed by atoms with Gasteiger partial charge in [0.1, 0.15) is 0 Å². The summed E-state index contributed by atoms with van der Waals surface area (Å²) >= 11 is 0. The molecule has 3 aromatic rings. The summed E-state index contributed by atoms with van der Waals surface area (Å²) in [5, 5.41) is 10.3. The number of nitrogens with one attached hydrogen (secondary N) is 1. The Morgan fingerprint density at radius 3 is 2.58 bits per heavy atom. The van der Waals surface area contributed by atoms with E-state index in [1.165, 1.54) is 5.56 Å². The molecule has 1 aromatic heterocycles. The molecule has 0 saturated carbocycles. The van der Waals surface area contributed by atoms with Crippen molar-refractivity contribution in [2.45, 2.75) is 13.8 Å². The summed E-state index contributed by atoms with van der Waals surface area (Å²) in [7, 11) is 1.54. The van der Waals surface area contributed by atoms with Crippen molar-refractivity contribution in [1.82, 2.24) is 10.3 Å². The van der Waals surface area contributed by atoms with Gasteiger partial charge in [-0.3, -0.25) is 4.79 Å². The number of para-hydroxylation sites is 2. The first-order chi connectivity index (χ1) is 12.6. The highest BCUT2D eigenvalue weighted by atomic mass is 16.6. The first-order valence-corrected chi connectivity index (χ1v) is 8.04. The number of aryl methyl sites for hydroxylation is 2. The number of carbonyl (C=O) groups is 1. The molecule has 1 heterocycles. The molecular formula is C19H19N3O4. The van der Waals surface area contributed by atoms with E-state index >= 15 is 0 Å². The van der Waals surface area contributed by atoms with Crippen LogP contribution in [0, 0.1) is 13.8 Å². The van der Waals surface area contributed by atoms with Gasteiger partial charge in [0.15, 0.2) is 23.8 Å². The monoisotopic (exact) mass is 353 g/mol. The minimum Gasteiger partial charge on any atom is -0.493 e. The minimum absolute atomic E-state index is 0.195. The van der Waals surface area contributed by atoms with E-state index in [4.69, 9.17) is 14.1 Å². The van der Waals surface area contributed by atoms with Crippen LogP contribution in [-0.2, 0) is 4.79 Å². The lowest BCUT2D eigenvalue weighted by molar-refractivity contribution is -0.118. The van der Waals surface area contributed by atoms with E-state index in [9.17, 15) is 4.79 Å². The largest absolute Gasteiger partial charge is 0.493 e. The zero-order chi connectivity index (χ0) is 18.5. The van der Waals surface area contributed by atoms with Crippen molar-refractivity contribution in [2.75, 3.05) is 19.0 Å². The van der Waals surface area contributed by atoms with Gasteiger partial charge in [-0.15, -0.1) is 0 Å². The highest BCUT2D eigenvalue weighted by molar-refractivity contribution is 5.94. The Labute approximate surface area is 150 Å². The molecule has 2 aromatic carbocycles. The van der Waals surface area contributed by atoms with Crippen molar-refractivity contribution in [3.63, 3.8) is 0 Å². The van der Waals surface area contributed by atoms with E-state index in [1.807, 2.05) is 38.1 Å². The van der Waals surface area contributed by atoms with Crippen LogP contribution in [0.5, 0.6) is 11.5 Å². The molecule has 3 rings (SSSR count). The summed E-state index contributed by atoms with van der Waals surface area (Å²) < 4.78 is 15.5. The Hall–Kier alpha value is -3.35. The fourth-order valence-electron chi connectivity index (χ4n) is 2.40. The summed E-state index contributed by atoms with van der Waals surface area (Å²) in [6, 6.07) is 13.0. The van der Waals surface area contributed by atoms with Gasteiger partial charge < -0.3 is 14.8 Å². The molecule has 0 bridgehead atoms. The molecule has 0 aliphatic carbocycles. The summed E-state index contributed by atoms with van der Waals surface area (Å²) in [5.74, 6) is 0.913. The molecule has 1 N–H and O–H groups in total. The maximum absolute atomic E-state index is 12.2. The average Bonchev–Trinajstić information content (AvgIpc) is 3.10. The van der Waals surface area contributed by atoms with Crippen LogP contribution in [0.1, 0.15) is 11.1 Å². The summed E-state index contributed by atoms with van der Waals surface area (Å²) in [6.07, 6.45) is 0. The van der Waals surface area contributed by atoms with Crippen LogP contribution < -0.4 is 14.8 Å². The molecule has 0 fully saturated rings. The number of rotatable bonds is 6. The van der Waals surface area contributed by atoms with E-state index in [0.29, 0.717) is 17.2 Å². The Bertz CT molecular complexity index is 921. The number of ether oxygens (including phenoxy) is 2. The first-order valence-electron chi connectivity index (χ1n) is 8.04. The van der Waals surface area contributed by atoms with E-state index in [1.54, 1.807) is 25.3 Å². The van der Waals surface area contributed by atoms with Gasteiger partial charge in [0, 0.05) is 5.56 Å². The average molecular weight is 353 g/mol.